The lowest BCUT2D eigenvalue weighted by atomic mass is 10.1. The van der Waals surface area contributed by atoms with E-state index in [-0.39, 0.29) is 11.5 Å². The molecule has 0 bridgehead atoms. The zero-order chi connectivity index (χ0) is 16.9. The fourth-order valence-corrected chi connectivity index (χ4v) is 2.86. The molecule has 122 valence electrons. The molecule has 0 atom stereocenters. The molecule has 1 aliphatic heterocycles. The minimum Gasteiger partial charge on any atom is -0.336 e. The van der Waals surface area contributed by atoms with E-state index in [9.17, 15) is 9.18 Å². The van der Waals surface area contributed by atoms with Crippen LogP contribution in [0.3, 0.4) is 0 Å². The van der Waals surface area contributed by atoms with Crippen molar-refractivity contribution < 1.29 is 9.18 Å². The third-order valence-electron chi connectivity index (χ3n) is 4.25. The van der Waals surface area contributed by atoms with Gasteiger partial charge in [0.1, 0.15) is 5.82 Å². The Balaban J connectivity index is 1.56. The molecule has 5 heteroatoms. The monoisotopic (exact) mass is 323 g/mol. The van der Waals surface area contributed by atoms with E-state index in [0.717, 1.165) is 25.2 Å². The van der Waals surface area contributed by atoms with Gasteiger partial charge in [-0.25, -0.2) is 4.39 Å². The molecule has 0 spiro atoms. The van der Waals surface area contributed by atoms with E-state index in [0.29, 0.717) is 18.7 Å². The van der Waals surface area contributed by atoms with Crippen molar-refractivity contribution in [1.29, 1.82) is 5.26 Å². The van der Waals surface area contributed by atoms with Gasteiger partial charge in [0.25, 0.3) is 5.91 Å². The third-order valence-corrected chi connectivity index (χ3v) is 4.25. The summed E-state index contributed by atoms with van der Waals surface area (Å²) >= 11 is 0. The molecule has 1 amide bonds. The molecule has 1 heterocycles. The second kappa shape index (κ2) is 7.24. The van der Waals surface area contributed by atoms with Crippen molar-refractivity contribution >= 4 is 5.91 Å². The average Bonchev–Trinajstić information content (AvgIpc) is 2.63. The summed E-state index contributed by atoms with van der Waals surface area (Å²) in [7, 11) is 0. The van der Waals surface area contributed by atoms with Gasteiger partial charge in [-0.2, -0.15) is 5.26 Å². The second-order valence-electron chi connectivity index (χ2n) is 5.86. The van der Waals surface area contributed by atoms with Gasteiger partial charge >= 0.3 is 0 Å². The number of carbonyl (C=O) groups excluding carboxylic acids is 1. The summed E-state index contributed by atoms with van der Waals surface area (Å²) in [6.07, 6.45) is 0. The molecule has 1 saturated heterocycles. The molecule has 0 saturated carbocycles. The van der Waals surface area contributed by atoms with Gasteiger partial charge in [0, 0.05) is 32.7 Å². The number of carbonyl (C=O) groups is 1. The van der Waals surface area contributed by atoms with Gasteiger partial charge in [-0.05, 0) is 29.8 Å². The number of benzene rings is 2. The number of nitriles is 1. The molecular weight excluding hydrogens is 305 g/mol. The summed E-state index contributed by atoms with van der Waals surface area (Å²) in [5.74, 6) is -0.714. The summed E-state index contributed by atoms with van der Waals surface area (Å²) in [4.78, 5) is 16.4. The van der Waals surface area contributed by atoms with Crippen molar-refractivity contribution in [2.75, 3.05) is 26.2 Å². The van der Waals surface area contributed by atoms with E-state index in [1.54, 1.807) is 17.0 Å². The quantitative estimate of drug-likeness (QED) is 0.872. The maximum absolute atomic E-state index is 13.7. The van der Waals surface area contributed by atoms with Crippen molar-refractivity contribution in [2.45, 2.75) is 6.54 Å². The van der Waals surface area contributed by atoms with Crippen LogP contribution in [0.15, 0.2) is 48.5 Å². The van der Waals surface area contributed by atoms with Crippen LogP contribution in [-0.4, -0.2) is 41.9 Å². The molecule has 0 aliphatic carbocycles. The predicted octanol–water partition coefficient (Wildman–Crippen LogP) is 2.66. The zero-order valence-corrected chi connectivity index (χ0v) is 13.3. The molecule has 1 fully saturated rings. The highest BCUT2D eigenvalue weighted by Gasteiger charge is 2.23. The van der Waals surface area contributed by atoms with Crippen molar-refractivity contribution in [3.8, 4) is 6.07 Å². The Morgan fingerprint density at radius 2 is 1.71 bits per heavy atom. The SMILES string of the molecule is N#Cc1ccc(CN2CCN(C(=O)c3ccccc3F)CC2)cc1. The van der Waals surface area contributed by atoms with Crippen LogP contribution in [0.1, 0.15) is 21.5 Å². The first-order chi connectivity index (χ1) is 11.7. The van der Waals surface area contributed by atoms with Crippen LogP contribution in [0.5, 0.6) is 0 Å². The molecule has 2 aromatic rings. The Morgan fingerprint density at radius 1 is 1.04 bits per heavy atom. The van der Waals surface area contributed by atoms with Gasteiger partial charge in [0.2, 0.25) is 0 Å². The van der Waals surface area contributed by atoms with Gasteiger partial charge in [-0.15, -0.1) is 0 Å². The molecule has 24 heavy (non-hydrogen) atoms. The third kappa shape index (κ3) is 3.61. The van der Waals surface area contributed by atoms with Crippen LogP contribution in [0, 0.1) is 17.1 Å². The molecule has 0 aromatic heterocycles. The van der Waals surface area contributed by atoms with Crippen molar-refractivity contribution in [3.63, 3.8) is 0 Å². The fourth-order valence-electron chi connectivity index (χ4n) is 2.86. The van der Waals surface area contributed by atoms with Gasteiger partial charge < -0.3 is 4.90 Å². The average molecular weight is 323 g/mol. The van der Waals surface area contributed by atoms with E-state index in [1.165, 1.54) is 12.1 Å². The van der Waals surface area contributed by atoms with E-state index < -0.39 is 5.82 Å². The van der Waals surface area contributed by atoms with Gasteiger partial charge in [0.05, 0.1) is 17.2 Å². The smallest absolute Gasteiger partial charge is 0.256 e. The highest BCUT2D eigenvalue weighted by molar-refractivity contribution is 5.94. The summed E-state index contributed by atoms with van der Waals surface area (Å²) in [5.41, 5.74) is 1.93. The Labute approximate surface area is 140 Å². The van der Waals surface area contributed by atoms with E-state index in [2.05, 4.69) is 11.0 Å². The molecule has 0 radical (unpaired) electrons. The lowest BCUT2D eigenvalue weighted by molar-refractivity contribution is 0.0624. The highest BCUT2D eigenvalue weighted by atomic mass is 19.1. The largest absolute Gasteiger partial charge is 0.336 e. The molecule has 2 aromatic carbocycles. The summed E-state index contributed by atoms with van der Waals surface area (Å²) in [6.45, 7) is 3.46. The van der Waals surface area contributed by atoms with Gasteiger partial charge in [-0.1, -0.05) is 24.3 Å². The van der Waals surface area contributed by atoms with Crippen LogP contribution in [0.4, 0.5) is 4.39 Å². The maximum atomic E-state index is 13.7. The summed E-state index contributed by atoms with van der Waals surface area (Å²) in [5, 5.41) is 8.82. The Kier molecular flexibility index (Phi) is 4.88. The van der Waals surface area contributed by atoms with Crippen LogP contribution >= 0.6 is 0 Å². The Bertz CT molecular complexity index is 759. The number of hydrogen-bond acceptors (Lipinski definition) is 3. The molecule has 0 unspecified atom stereocenters. The normalized spacial score (nSPS) is 15.1. The maximum Gasteiger partial charge on any atom is 0.256 e. The molecule has 3 rings (SSSR count). The van der Waals surface area contributed by atoms with Crippen molar-refractivity contribution in [2.24, 2.45) is 0 Å². The van der Waals surface area contributed by atoms with Crippen LogP contribution in [0.2, 0.25) is 0 Å². The van der Waals surface area contributed by atoms with E-state index in [4.69, 9.17) is 5.26 Å². The Hall–Kier alpha value is -2.71. The van der Waals surface area contributed by atoms with Crippen LogP contribution < -0.4 is 0 Å². The van der Waals surface area contributed by atoms with Crippen LogP contribution in [0.25, 0.3) is 0 Å². The van der Waals surface area contributed by atoms with Crippen molar-refractivity contribution in [1.82, 2.24) is 9.80 Å². The molecule has 4 nitrogen and oxygen atoms in total. The number of nitrogens with zero attached hydrogens (tertiary/aromatic N) is 3. The predicted molar refractivity (Wildman–Crippen MR) is 88.7 cm³/mol. The second-order valence-corrected chi connectivity index (χ2v) is 5.86. The van der Waals surface area contributed by atoms with Crippen molar-refractivity contribution in [3.05, 3.63) is 71.0 Å². The minimum absolute atomic E-state index is 0.137. The molecular formula is C19H18FN3O. The molecule has 1 aliphatic rings. The number of amides is 1. The van der Waals surface area contributed by atoms with Gasteiger partial charge in [0.15, 0.2) is 0 Å². The van der Waals surface area contributed by atoms with Crippen LogP contribution in [-0.2, 0) is 6.54 Å². The lowest BCUT2D eigenvalue weighted by Crippen LogP contribution is -2.48. The number of halogens is 1. The number of rotatable bonds is 3. The van der Waals surface area contributed by atoms with Gasteiger partial charge in [-0.3, -0.25) is 9.69 Å². The topological polar surface area (TPSA) is 47.3 Å². The standard InChI is InChI=1S/C19H18FN3O/c20-18-4-2-1-3-17(18)19(24)23-11-9-22(10-12-23)14-16-7-5-15(13-21)6-8-16/h1-8H,9-12,14H2. The Morgan fingerprint density at radius 3 is 2.33 bits per heavy atom. The molecule has 0 N–H and O–H groups in total. The zero-order valence-electron chi connectivity index (χ0n) is 13.3. The highest BCUT2D eigenvalue weighted by Crippen LogP contribution is 2.14. The minimum atomic E-state index is -0.470. The number of hydrogen-bond donors (Lipinski definition) is 0. The number of piperazine rings is 1. The summed E-state index contributed by atoms with van der Waals surface area (Å²) in [6, 6.07) is 15.7. The summed E-state index contributed by atoms with van der Waals surface area (Å²) < 4.78 is 13.7. The first-order valence-electron chi connectivity index (χ1n) is 7.92. The first kappa shape index (κ1) is 16.2. The van der Waals surface area contributed by atoms with E-state index >= 15 is 0 Å². The fraction of sp³-hybridized carbons (Fsp3) is 0.263. The first-order valence-corrected chi connectivity index (χ1v) is 7.92. The lowest BCUT2D eigenvalue weighted by Gasteiger charge is -2.34. The van der Waals surface area contributed by atoms with E-state index in [1.807, 2.05) is 24.3 Å².